The normalized spacial score (nSPS) is 15.1. The van der Waals surface area contributed by atoms with E-state index in [0.29, 0.717) is 36.4 Å². The van der Waals surface area contributed by atoms with Crippen LogP contribution in [0, 0.1) is 6.92 Å². The average Bonchev–Trinajstić information content (AvgIpc) is 2.99. The second-order valence-corrected chi connectivity index (χ2v) is 6.26. The van der Waals surface area contributed by atoms with Crippen LogP contribution in [0.3, 0.4) is 0 Å². The summed E-state index contributed by atoms with van der Waals surface area (Å²) in [4.78, 5) is 28.1. The Labute approximate surface area is 141 Å². The molecule has 7 nitrogen and oxygen atoms in total. The third-order valence-electron chi connectivity index (χ3n) is 3.92. The number of rotatable bonds is 2. The zero-order valence-corrected chi connectivity index (χ0v) is 14.5. The number of aryl methyl sites for hydroxylation is 2. The molecule has 0 bridgehead atoms. The first-order chi connectivity index (χ1) is 11.0. The Hall–Kier alpha value is -2.09. The minimum absolute atomic E-state index is 0.0982. The first kappa shape index (κ1) is 15.8. The molecule has 0 radical (unpaired) electrons. The Bertz CT molecular complexity index is 790. The van der Waals surface area contributed by atoms with Gasteiger partial charge < -0.3 is 14.2 Å². The molecule has 0 unspecified atom stereocenters. The molecular formula is C15H17BrN4O3. The van der Waals surface area contributed by atoms with Gasteiger partial charge in [-0.2, -0.15) is 5.10 Å². The molecule has 0 aromatic carbocycles. The van der Waals surface area contributed by atoms with Gasteiger partial charge in [0.05, 0.1) is 11.9 Å². The number of aromatic nitrogens is 2. The van der Waals surface area contributed by atoms with Gasteiger partial charge in [0.2, 0.25) is 0 Å². The van der Waals surface area contributed by atoms with Crippen LogP contribution in [0.2, 0.25) is 0 Å². The van der Waals surface area contributed by atoms with Crippen molar-refractivity contribution < 1.29 is 9.21 Å². The number of amides is 1. The fourth-order valence-corrected chi connectivity index (χ4v) is 3.19. The lowest BCUT2D eigenvalue weighted by Crippen LogP contribution is -2.49. The zero-order valence-electron chi connectivity index (χ0n) is 13.0. The number of piperazine rings is 1. The average molecular weight is 381 g/mol. The predicted molar refractivity (Wildman–Crippen MR) is 88.7 cm³/mol. The Kier molecular flexibility index (Phi) is 4.25. The second kappa shape index (κ2) is 6.19. The van der Waals surface area contributed by atoms with Gasteiger partial charge in [0.15, 0.2) is 5.76 Å². The summed E-state index contributed by atoms with van der Waals surface area (Å²) in [5, 5.41) is 4.06. The van der Waals surface area contributed by atoms with Gasteiger partial charge in [0, 0.05) is 33.2 Å². The molecule has 0 spiro atoms. The highest BCUT2D eigenvalue weighted by atomic mass is 79.9. The van der Waals surface area contributed by atoms with Gasteiger partial charge in [-0.1, -0.05) is 0 Å². The Morgan fingerprint density at radius 3 is 2.57 bits per heavy atom. The van der Waals surface area contributed by atoms with Gasteiger partial charge in [-0.3, -0.25) is 9.59 Å². The molecule has 0 atom stereocenters. The van der Waals surface area contributed by atoms with Gasteiger partial charge in [-0.25, -0.2) is 4.68 Å². The van der Waals surface area contributed by atoms with E-state index in [9.17, 15) is 9.59 Å². The topological polar surface area (TPSA) is 71.6 Å². The maximum Gasteiger partial charge on any atom is 0.289 e. The summed E-state index contributed by atoms with van der Waals surface area (Å²) in [7, 11) is 1.61. The van der Waals surface area contributed by atoms with Crippen molar-refractivity contribution in [3.05, 3.63) is 44.7 Å². The predicted octanol–water partition coefficient (Wildman–Crippen LogP) is 1.41. The molecule has 2 aromatic heterocycles. The minimum atomic E-state index is -0.174. The Morgan fingerprint density at radius 1 is 1.26 bits per heavy atom. The van der Waals surface area contributed by atoms with Crippen molar-refractivity contribution in [2.24, 2.45) is 7.05 Å². The van der Waals surface area contributed by atoms with Crippen molar-refractivity contribution >= 4 is 27.5 Å². The highest BCUT2D eigenvalue weighted by Gasteiger charge is 2.25. The standard InChI is InChI=1S/C15H17BrN4O3/c1-10-3-4-12(23-10)14(21)20-7-5-19(6-8-20)11-9-17-18(2)15(22)13(11)16/h3-4,9H,5-8H2,1-2H3. The highest BCUT2D eigenvalue weighted by molar-refractivity contribution is 9.10. The molecule has 8 heteroatoms. The molecule has 2 aromatic rings. The van der Waals surface area contributed by atoms with Crippen molar-refractivity contribution in [1.29, 1.82) is 0 Å². The molecule has 0 N–H and O–H groups in total. The number of halogens is 1. The van der Waals surface area contributed by atoms with E-state index in [1.165, 1.54) is 4.68 Å². The fraction of sp³-hybridized carbons (Fsp3) is 0.400. The van der Waals surface area contributed by atoms with Crippen molar-refractivity contribution in [1.82, 2.24) is 14.7 Å². The van der Waals surface area contributed by atoms with Crippen LogP contribution in [-0.4, -0.2) is 46.8 Å². The van der Waals surface area contributed by atoms with Crippen molar-refractivity contribution in [3.63, 3.8) is 0 Å². The van der Waals surface area contributed by atoms with E-state index in [2.05, 4.69) is 25.9 Å². The quantitative estimate of drug-likeness (QED) is 0.787. The van der Waals surface area contributed by atoms with Crippen LogP contribution in [0.25, 0.3) is 0 Å². The monoisotopic (exact) mass is 380 g/mol. The molecule has 0 aliphatic carbocycles. The van der Waals surface area contributed by atoms with Crippen LogP contribution in [0.5, 0.6) is 0 Å². The zero-order chi connectivity index (χ0) is 16.6. The maximum absolute atomic E-state index is 12.4. The molecule has 1 amide bonds. The van der Waals surface area contributed by atoms with Crippen molar-refractivity contribution in [2.75, 3.05) is 31.1 Å². The van der Waals surface area contributed by atoms with Crippen LogP contribution in [-0.2, 0) is 7.05 Å². The number of furan rings is 1. The summed E-state index contributed by atoms with van der Waals surface area (Å²) in [6.07, 6.45) is 1.67. The molecule has 122 valence electrons. The number of carbonyl (C=O) groups is 1. The van der Waals surface area contributed by atoms with Crippen LogP contribution >= 0.6 is 15.9 Å². The molecule has 1 aliphatic rings. The molecule has 3 rings (SSSR count). The van der Waals surface area contributed by atoms with Crippen LogP contribution in [0.1, 0.15) is 16.3 Å². The van der Waals surface area contributed by atoms with Gasteiger partial charge in [0.1, 0.15) is 10.2 Å². The third kappa shape index (κ3) is 3.03. The summed E-state index contributed by atoms with van der Waals surface area (Å²) in [5.41, 5.74) is 0.584. The smallest absolute Gasteiger partial charge is 0.289 e. The minimum Gasteiger partial charge on any atom is -0.456 e. The SMILES string of the molecule is Cc1ccc(C(=O)N2CCN(c3cnn(C)c(=O)c3Br)CC2)o1. The van der Waals surface area contributed by atoms with Gasteiger partial charge in [0.25, 0.3) is 11.5 Å². The molecule has 3 heterocycles. The molecule has 0 saturated carbocycles. The molecule has 1 saturated heterocycles. The van der Waals surface area contributed by atoms with Gasteiger partial charge in [-0.05, 0) is 35.0 Å². The van der Waals surface area contributed by atoms with E-state index in [1.807, 2.05) is 6.92 Å². The van der Waals surface area contributed by atoms with Crippen LogP contribution in [0.15, 0.2) is 32.0 Å². The lowest BCUT2D eigenvalue weighted by Gasteiger charge is -2.35. The lowest BCUT2D eigenvalue weighted by atomic mass is 10.2. The summed E-state index contributed by atoms with van der Waals surface area (Å²) in [6.45, 7) is 4.23. The van der Waals surface area contributed by atoms with Gasteiger partial charge in [-0.15, -0.1) is 0 Å². The summed E-state index contributed by atoms with van der Waals surface area (Å²) in [5.74, 6) is 0.994. The van der Waals surface area contributed by atoms with E-state index in [0.717, 1.165) is 11.4 Å². The van der Waals surface area contributed by atoms with E-state index in [4.69, 9.17) is 4.42 Å². The largest absolute Gasteiger partial charge is 0.456 e. The van der Waals surface area contributed by atoms with E-state index < -0.39 is 0 Å². The Morgan fingerprint density at radius 2 is 1.96 bits per heavy atom. The van der Waals surface area contributed by atoms with E-state index in [-0.39, 0.29) is 11.5 Å². The Balaban J connectivity index is 1.70. The number of anilines is 1. The van der Waals surface area contributed by atoms with Crippen LogP contribution in [0.4, 0.5) is 5.69 Å². The number of carbonyl (C=O) groups excluding carboxylic acids is 1. The number of hydrogen-bond donors (Lipinski definition) is 0. The molecule has 1 fully saturated rings. The molecule has 1 aliphatic heterocycles. The van der Waals surface area contributed by atoms with Crippen molar-refractivity contribution in [3.8, 4) is 0 Å². The summed E-state index contributed by atoms with van der Waals surface area (Å²) in [6, 6.07) is 3.48. The summed E-state index contributed by atoms with van der Waals surface area (Å²) < 4.78 is 7.17. The highest BCUT2D eigenvalue weighted by Crippen LogP contribution is 2.23. The van der Waals surface area contributed by atoms with E-state index in [1.54, 1.807) is 30.3 Å². The lowest BCUT2D eigenvalue weighted by molar-refractivity contribution is 0.0713. The van der Waals surface area contributed by atoms with Gasteiger partial charge >= 0.3 is 0 Å². The third-order valence-corrected chi connectivity index (χ3v) is 4.66. The molecule has 23 heavy (non-hydrogen) atoms. The number of nitrogens with zero attached hydrogens (tertiary/aromatic N) is 4. The van der Waals surface area contributed by atoms with E-state index >= 15 is 0 Å². The molecular weight excluding hydrogens is 364 g/mol. The summed E-state index contributed by atoms with van der Waals surface area (Å²) >= 11 is 3.34. The number of hydrogen-bond acceptors (Lipinski definition) is 5. The first-order valence-electron chi connectivity index (χ1n) is 7.30. The second-order valence-electron chi connectivity index (χ2n) is 5.46. The first-order valence-corrected chi connectivity index (χ1v) is 8.09. The van der Waals surface area contributed by atoms with Crippen molar-refractivity contribution in [2.45, 2.75) is 6.92 Å². The fourth-order valence-electron chi connectivity index (χ4n) is 2.58. The van der Waals surface area contributed by atoms with Crippen LogP contribution < -0.4 is 10.5 Å². The maximum atomic E-state index is 12.4.